The van der Waals surface area contributed by atoms with Crippen LogP contribution in [0.2, 0.25) is 0 Å². The number of likely N-dealkylation sites (tertiary alicyclic amines) is 1. The summed E-state index contributed by atoms with van der Waals surface area (Å²) in [5.41, 5.74) is 7.16. The molecule has 0 atom stereocenters. The van der Waals surface area contributed by atoms with Crippen LogP contribution in [0.3, 0.4) is 0 Å². The lowest BCUT2D eigenvalue weighted by molar-refractivity contribution is 0.110. The molecule has 5 rings (SSSR count). The number of pyridine rings is 1. The van der Waals surface area contributed by atoms with E-state index in [4.69, 9.17) is 0 Å². The molecule has 182 valence electrons. The monoisotopic (exact) mass is 459 g/mol. The highest BCUT2D eigenvalue weighted by molar-refractivity contribution is 5.92. The lowest BCUT2D eigenvalue weighted by Crippen LogP contribution is -2.42. The van der Waals surface area contributed by atoms with Crippen LogP contribution < -0.4 is 5.56 Å². The van der Waals surface area contributed by atoms with Gasteiger partial charge in [0.2, 0.25) is 0 Å². The van der Waals surface area contributed by atoms with Crippen molar-refractivity contribution in [3.63, 3.8) is 0 Å². The molecule has 1 aliphatic carbocycles. The third-order valence-corrected chi connectivity index (χ3v) is 8.59. The number of benzene rings is 1. The Hall–Kier alpha value is -2.33. The van der Waals surface area contributed by atoms with Crippen molar-refractivity contribution in [1.82, 2.24) is 14.5 Å². The molecule has 0 bridgehead atoms. The quantitative estimate of drug-likeness (QED) is 0.470. The van der Waals surface area contributed by atoms with Crippen molar-refractivity contribution in [2.45, 2.75) is 84.1 Å². The average molecular weight is 460 g/mol. The standard InChI is InChI=1S/C30H41N3O/c1-19(2)28-26-17-23(22-12-14-33(15-13-22)25-9-6-20(3)7-10-25)8-11-27(26)31-29(28)24-16-21(4)30(34)32(5)18-24/h8,11,16-20,22,25,31H,6-7,9-10,12-15H2,1-5H3. The summed E-state index contributed by atoms with van der Waals surface area (Å²) in [4.78, 5) is 18.7. The van der Waals surface area contributed by atoms with E-state index in [1.807, 2.05) is 26.2 Å². The van der Waals surface area contributed by atoms with E-state index in [1.165, 1.54) is 73.6 Å². The molecule has 1 saturated heterocycles. The van der Waals surface area contributed by atoms with Gasteiger partial charge in [0.25, 0.3) is 5.56 Å². The summed E-state index contributed by atoms with van der Waals surface area (Å²) in [6, 6.07) is 9.94. The first-order valence-electron chi connectivity index (χ1n) is 13.4. The van der Waals surface area contributed by atoms with Crippen LogP contribution in [0.1, 0.15) is 87.8 Å². The van der Waals surface area contributed by atoms with Gasteiger partial charge >= 0.3 is 0 Å². The highest BCUT2D eigenvalue weighted by Crippen LogP contribution is 2.39. The number of piperidine rings is 1. The van der Waals surface area contributed by atoms with Gasteiger partial charge in [0.1, 0.15) is 0 Å². The first-order valence-corrected chi connectivity index (χ1v) is 13.4. The zero-order chi connectivity index (χ0) is 24.0. The molecule has 4 heteroatoms. The van der Waals surface area contributed by atoms with Crippen LogP contribution >= 0.6 is 0 Å². The van der Waals surface area contributed by atoms with Gasteiger partial charge in [0.05, 0.1) is 5.69 Å². The van der Waals surface area contributed by atoms with E-state index in [0.717, 1.165) is 28.8 Å². The summed E-state index contributed by atoms with van der Waals surface area (Å²) in [6.07, 6.45) is 10.1. The van der Waals surface area contributed by atoms with E-state index < -0.39 is 0 Å². The normalized spacial score (nSPS) is 22.6. The Labute approximate surface area is 204 Å². The molecule has 1 aliphatic heterocycles. The van der Waals surface area contributed by atoms with Crippen molar-refractivity contribution < 1.29 is 0 Å². The second kappa shape index (κ2) is 9.37. The number of hydrogen-bond donors (Lipinski definition) is 1. The van der Waals surface area contributed by atoms with E-state index >= 15 is 0 Å². The Balaban J connectivity index is 1.42. The first kappa shape index (κ1) is 23.4. The fourth-order valence-corrected chi connectivity index (χ4v) is 6.53. The molecule has 0 radical (unpaired) electrons. The summed E-state index contributed by atoms with van der Waals surface area (Å²) >= 11 is 0. The van der Waals surface area contributed by atoms with Crippen molar-refractivity contribution in [3.05, 3.63) is 57.5 Å². The lowest BCUT2D eigenvalue weighted by atomic mass is 9.83. The Bertz CT molecular complexity index is 1190. The van der Waals surface area contributed by atoms with Crippen molar-refractivity contribution in [2.24, 2.45) is 13.0 Å². The van der Waals surface area contributed by atoms with Gasteiger partial charge in [-0.2, -0.15) is 0 Å². The first-order chi connectivity index (χ1) is 16.3. The minimum atomic E-state index is 0.0716. The number of rotatable bonds is 4. The summed E-state index contributed by atoms with van der Waals surface area (Å²) in [5, 5.41) is 1.35. The van der Waals surface area contributed by atoms with E-state index in [2.05, 4.69) is 48.9 Å². The predicted molar refractivity (Wildman–Crippen MR) is 143 cm³/mol. The van der Waals surface area contributed by atoms with E-state index in [9.17, 15) is 4.79 Å². The van der Waals surface area contributed by atoms with Gasteiger partial charge in [0.15, 0.2) is 0 Å². The fraction of sp³-hybridized carbons (Fsp3) is 0.567. The molecule has 2 fully saturated rings. The molecule has 3 aromatic rings. The summed E-state index contributed by atoms with van der Waals surface area (Å²) < 4.78 is 1.70. The zero-order valence-corrected chi connectivity index (χ0v) is 21.7. The fourth-order valence-electron chi connectivity index (χ4n) is 6.53. The highest BCUT2D eigenvalue weighted by atomic mass is 16.1. The van der Waals surface area contributed by atoms with Crippen LogP contribution in [0.5, 0.6) is 0 Å². The Morgan fingerprint density at radius 3 is 2.35 bits per heavy atom. The predicted octanol–water partition coefficient (Wildman–Crippen LogP) is 6.72. The number of nitrogens with zero attached hydrogens (tertiary/aromatic N) is 2. The van der Waals surface area contributed by atoms with Crippen molar-refractivity contribution in [3.8, 4) is 11.3 Å². The number of aromatic amines is 1. The number of aryl methyl sites for hydroxylation is 2. The van der Waals surface area contributed by atoms with Crippen molar-refractivity contribution >= 4 is 10.9 Å². The van der Waals surface area contributed by atoms with E-state index in [-0.39, 0.29) is 5.56 Å². The average Bonchev–Trinajstić information content (AvgIpc) is 3.22. The van der Waals surface area contributed by atoms with E-state index in [0.29, 0.717) is 11.8 Å². The molecular weight excluding hydrogens is 418 g/mol. The van der Waals surface area contributed by atoms with Crippen molar-refractivity contribution in [2.75, 3.05) is 13.1 Å². The highest BCUT2D eigenvalue weighted by Gasteiger charge is 2.29. The second-order valence-corrected chi connectivity index (χ2v) is 11.4. The van der Waals surface area contributed by atoms with Gasteiger partial charge < -0.3 is 14.5 Å². The smallest absolute Gasteiger partial charge is 0.253 e. The topological polar surface area (TPSA) is 41.0 Å². The number of nitrogens with one attached hydrogen (secondary N) is 1. The molecule has 1 saturated carbocycles. The maximum absolute atomic E-state index is 12.3. The molecule has 3 heterocycles. The minimum Gasteiger partial charge on any atom is -0.354 e. The number of fused-ring (bicyclic) bond motifs is 1. The second-order valence-electron chi connectivity index (χ2n) is 11.4. The molecule has 1 aromatic carbocycles. The largest absolute Gasteiger partial charge is 0.354 e. The molecule has 34 heavy (non-hydrogen) atoms. The number of aromatic nitrogens is 2. The maximum atomic E-state index is 12.3. The lowest BCUT2D eigenvalue weighted by Gasteiger charge is -2.40. The third-order valence-electron chi connectivity index (χ3n) is 8.59. The van der Waals surface area contributed by atoms with E-state index in [1.54, 1.807) is 4.57 Å². The summed E-state index contributed by atoms with van der Waals surface area (Å²) in [6.45, 7) is 11.4. The SMILES string of the molecule is Cc1cc(-c2[nH]c3ccc(C4CCN(C5CCC(C)CC5)CC4)cc3c2C(C)C)cn(C)c1=O. The van der Waals surface area contributed by atoms with Gasteiger partial charge in [-0.05, 0) is 106 Å². The third kappa shape index (κ3) is 4.37. The van der Waals surface area contributed by atoms with Crippen LogP contribution in [0.4, 0.5) is 0 Å². The van der Waals surface area contributed by atoms with Crippen LogP contribution in [-0.2, 0) is 7.05 Å². The van der Waals surface area contributed by atoms with Crippen LogP contribution in [0.25, 0.3) is 22.2 Å². The van der Waals surface area contributed by atoms with Gasteiger partial charge in [-0.3, -0.25) is 4.79 Å². The summed E-state index contributed by atoms with van der Waals surface area (Å²) in [7, 11) is 1.84. The van der Waals surface area contributed by atoms with Crippen LogP contribution in [-0.4, -0.2) is 33.6 Å². The van der Waals surface area contributed by atoms with Crippen LogP contribution in [0.15, 0.2) is 35.3 Å². The van der Waals surface area contributed by atoms with Gasteiger partial charge in [0, 0.05) is 41.3 Å². The van der Waals surface area contributed by atoms with Gasteiger partial charge in [-0.25, -0.2) is 0 Å². The molecule has 4 nitrogen and oxygen atoms in total. The van der Waals surface area contributed by atoms with Crippen LogP contribution in [0, 0.1) is 12.8 Å². The zero-order valence-electron chi connectivity index (χ0n) is 21.7. The Morgan fingerprint density at radius 1 is 1.00 bits per heavy atom. The molecular formula is C30H41N3O. The molecule has 0 amide bonds. The minimum absolute atomic E-state index is 0.0716. The molecule has 0 spiro atoms. The number of hydrogen-bond acceptors (Lipinski definition) is 2. The maximum Gasteiger partial charge on any atom is 0.253 e. The van der Waals surface area contributed by atoms with Gasteiger partial charge in [-0.1, -0.05) is 26.8 Å². The molecule has 1 N–H and O–H groups in total. The molecule has 2 aromatic heterocycles. The molecule has 0 unspecified atom stereocenters. The number of H-pyrrole nitrogens is 1. The van der Waals surface area contributed by atoms with Crippen molar-refractivity contribution in [1.29, 1.82) is 0 Å². The Morgan fingerprint density at radius 2 is 1.71 bits per heavy atom. The Kier molecular flexibility index (Phi) is 6.45. The summed E-state index contributed by atoms with van der Waals surface area (Å²) in [5.74, 6) is 1.97. The molecule has 2 aliphatic rings. The van der Waals surface area contributed by atoms with Gasteiger partial charge in [-0.15, -0.1) is 0 Å².